The molecule has 1 aliphatic carbocycles. The van der Waals surface area contributed by atoms with Crippen molar-refractivity contribution in [3.05, 3.63) is 71.8 Å². The Kier molecular flexibility index (Phi) is 8.83. The summed E-state index contributed by atoms with van der Waals surface area (Å²) in [5.74, 6) is -3.06. The second kappa shape index (κ2) is 12.0. The Balaban J connectivity index is 1.80. The van der Waals surface area contributed by atoms with Gasteiger partial charge in [-0.1, -0.05) is 73.5 Å². The van der Waals surface area contributed by atoms with Gasteiger partial charge in [0.25, 0.3) is 0 Å². The Bertz CT molecular complexity index is 1030. The number of alkyl carbamates (subject to hydrolysis) is 1. The zero-order valence-electron chi connectivity index (χ0n) is 19.6. The monoisotopic (exact) mass is 482 g/mol. The van der Waals surface area contributed by atoms with Gasteiger partial charge in [0.05, 0.1) is 13.5 Å². The Labute approximate surface area is 203 Å². The number of benzene rings is 2. The van der Waals surface area contributed by atoms with E-state index in [1.165, 1.54) is 7.11 Å². The molecule has 3 atom stereocenters. The Morgan fingerprint density at radius 3 is 2.31 bits per heavy atom. The number of hydrogen-bond donors (Lipinski definition) is 3. The number of esters is 1. The lowest BCUT2D eigenvalue weighted by molar-refractivity contribution is -0.154. The summed E-state index contributed by atoms with van der Waals surface area (Å²) in [6.07, 6.45) is 0.870. The molecule has 2 amide bonds. The van der Waals surface area contributed by atoms with E-state index >= 15 is 0 Å². The molecule has 1 aliphatic rings. The molecule has 9 nitrogen and oxygen atoms in total. The minimum Gasteiger partial charge on any atom is -0.481 e. The molecule has 0 bridgehead atoms. The third-order valence-corrected chi connectivity index (χ3v) is 6.21. The van der Waals surface area contributed by atoms with Crippen LogP contribution in [0.15, 0.2) is 60.7 Å². The van der Waals surface area contributed by atoms with E-state index in [-0.39, 0.29) is 12.5 Å². The predicted molar refractivity (Wildman–Crippen MR) is 126 cm³/mol. The summed E-state index contributed by atoms with van der Waals surface area (Å²) >= 11 is 0. The Hall–Kier alpha value is -3.88. The zero-order valence-corrected chi connectivity index (χ0v) is 19.6. The summed E-state index contributed by atoms with van der Waals surface area (Å²) in [6, 6.07) is 16.8. The van der Waals surface area contributed by atoms with Gasteiger partial charge in [0.2, 0.25) is 5.91 Å². The molecule has 1 saturated carbocycles. The Morgan fingerprint density at radius 1 is 1.03 bits per heavy atom. The van der Waals surface area contributed by atoms with Gasteiger partial charge in [0, 0.05) is 5.92 Å². The van der Waals surface area contributed by atoms with Gasteiger partial charge >= 0.3 is 18.0 Å². The average molecular weight is 483 g/mol. The van der Waals surface area contributed by atoms with Crippen LogP contribution in [-0.4, -0.2) is 47.7 Å². The fourth-order valence-corrected chi connectivity index (χ4v) is 4.53. The quantitative estimate of drug-likeness (QED) is 0.468. The van der Waals surface area contributed by atoms with Gasteiger partial charge in [0.1, 0.15) is 18.2 Å². The number of rotatable bonds is 9. The van der Waals surface area contributed by atoms with E-state index in [1.54, 1.807) is 24.3 Å². The molecule has 186 valence electrons. The first-order chi connectivity index (χ1) is 16.9. The minimum atomic E-state index is -1.45. The van der Waals surface area contributed by atoms with Crippen LogP contribution >= 0.6 is 0 Å². The van der Waals surface area contributed by atoms with Crippen LogP contribution in [0.5, 0.6) is 0 Å². The lowest BCUT2D eigenvalue weighted by Gasteiger charge is -2.43. The molecule has 0 aliphatic heterocycles. The molecule has 0 spiro atoms. The van der Waals surface area contributed by atoms with E-state index in [9.17, 15) is 24.3 Å². The SMILES string of the molecule is COC(=O)[C@]1(NC(=O)[C@H](CC(=O)O)NC(=O)OCc2ccccc2)CCCC[C@@H]1c1ccccc1. The maximum absolute atomic E-state index is 13.3. The number of aliphatic carboxylic acids is 1. The van der Waals surface area contributed by atoms with Crippen LogP contribution in [0, 0.1) is 0 Å². The maximum Gasteiger partial charge on any atom is 0.408 e. The first kappa shape index (κ1) is 25.7. The summed E-state index contributed by atoms with van der Waals surface area (Å²) in [4.78, 5) is 50.2. The van der Waals surface area contributed by atoms with Crippen LogP contribution in [0.25, 0.3) is 0 Å². The van der Waals surface area contributed by atoms with Crippen LogP contribution in [0.3, 0.4) is 0 Å². The third-order valence-electron chi connectivity index (χ3n) is 6.21. The van der Waals surface area contributed by atoms with Gasteiger partial charge < -0.3 is 25.2 Å². The summed E-state index contributed by atoms with van der Waals surface area (Å²) < 4.78 is 10.2. The second-order valence-corrected chi connectivity index (χ2v) is 8.52. The fraction of sp³-hybridized carbons (Fsp3) is 0.385. The summed E-state index contributed by atoms with van der Waals surface area (Å²) in [5.41, 5.74) is 0.208. The van der Waals surface area contributed by atoms with E-state index in [2.05, 4.69) is 10.6 Å². The standard InChI is InChI=1S/C26H30N2O7/c1-34-24(32)26(15-9-8-14-20(26)19-12-6-3-7-13-19)28-23(31)21(16-22(29)30)27-25(33)35-17-18-10-4-2-5-11-18/h2-7,10-13,20-21H,8-9,14-17H2,1H3,(H,27,33)(H,28,31)(H,29,30)/t20-,21+,26+/m1/s1. The highest BCUT2D eigenvalue weighted by molar-refractivity contribution is 5.94. The predicted octanol–water partition coefficient (Wildman–Crippen LogP) is 3.14. The van der Waals surface area contributed by atoms with Gasteiger partial charge in [-0.05, 0) is 24.0 Å². The molecule has 3 rings (SSSR count). The second-order valence-electron chi connectivity index (χ2n) is 8.52. The first-order valence-corrected chi connectivity index (χ1v) is 11.5. The molecule has 1 fully saturated rings. The molecular weight excluding hydrogens is 452 g/mol. The molecule has 2 aromatic rings. The normalized spacial score (nSPS) is 20.2. The van der Waals surface area contributed by atoms with Crippen molar-refractivity contribution in [3.8, 4) is 0 Å². The molecular formula is C26H30N2O7. The number of methoxy groups -OCH3 is 1. The zero-order chi connectivity index (χ0) is 25.3. The smallest absolute Gasteiger partial charge is 0.408 e. The molecule has 0 radical (unpaired) electrons. The highest BCUT2D eigenvalue weighted by atomic mass is 16.5. The number of hydrogen-bond acceptors (Lipinski definition) is 6. The van der Waals surface area contributed by atoms with Gasteiger partial charge in [0.15, 0.2) is 0 Å². The number of carbonyl (C=O) groups is 4. The molecule has 35 heavy (non-hydrogen) atoms. The fourth-order valence-electron chi connectivity index (χ4n) is 4.53. The van der Waals surface area contributed by atoms with Gasteiger partial charge in [-0.2, -0.15) is 0 Å². The summed E-state index contributed by atoms with van der Waals surface area (Å²) in [7, 11) is 1.25. The molecule has 0 aromatic heterocycles. The van der Waals surface area contributed by atoms with Gasteiger partial charge in [-0.15, -0.1) is 0 Å². The molecule has 0 heterocycles. The van der Waals surface area contributed by atoms with E-state index in [0.29, 0.717) is 19.3 Å². The largest absolute Gasteiger partial charge is 0.481 e. The van der Waals surface area contributed by atoms with Crippen LogP contribution in [0.1, 0.15) is 49.1 Å². The molecule has 0 unspecified atom stereocenters. The number of carbonyl (C=O) groups excluding carboxylic acids is 3. The van der Waals surface area contributed by atoms with Crippen molar-refractivity contribution in [2.75, 3.05) is 7.11 Å². The lowest BCUT2D eigenvalue weighted by atomic mass is 9.69. The molecule has 9 heteroatoms. The van der Waals surface area contributed by atoms with E-state index in [0.717, 1.165) is 17.5 Å². The van der Waals surface area contributed by atoms with Crippen LogP contribution < -0.4 is 10.6 Å². The first-order valence-electron chi connectivity index (χ1n) is 11.5. The van der Waals surface area contributed by atoms with E-state index in [1.807, 2.05) is 36.4 Å². The topological polar surface area (TPSA) is 131 Å². The molecule has 2 aromatic carbocycles. The number of carboxylic acid groups (broad SMARTS) is 1. The van der Waals surface area contributed by atoms with Crippen LogP contribution in [0.2, 0.25) is 0 Å². The highest BCUT2D eigenvalue weighted by Crippen LogP contribution is 2.42. The summed E-state index contributed by atoms with van der Waals surface area (Å²) in [5, 5.41) is 14.4. The molecule has 0 saturated heterocycles. The average Bonchev–Trinajstić information content (AvgIpc) is 2.87. The van der Waals surface area contributed by atoms with E-state index < -0.39 is 41.9 Å². The summed E-state index contributed by atoms with van der Waals surface area (Å²) in [6.45, 7) is -0.0454. The number of ether oxygens (including phenoxy) is 2. The van der Waals surface area contributed by atoms with Gasteiger partial charge in [-0.25, -0.2) is 9.59 Å². The minimum absolute atomic E-state index is 0.0454. The number of nitrogens with one attached hydrogen (secondary N) is 2. The van der Waals surface area contributed by atoms with Crippen LogP contribution in [-0.2, 0) is 30.5 Å². The number of carboxylic acids is 1. The van der Waals surface area contributed by atoms with Crippen molar-refractivity contribution in [2.24, 2.45) is 0 Å². The number of amides is 2. The maximum atomic E-state index is 13.3. The van der Waals surface area contributed by atoms with Crippen molar-refractivity contribution >= 4 is 23.9 Å². The highest BCUT2D eigenvalue weighted by Gasteiger charge is 2.50. The van der Waals surface area contributed by atoms with Crippen molar-refractivity contribution in [1.82, 2.24) is 10.6 Å². The third kappa shape index (κ3) is 6.59. The van der Waals surface area contributed by atoms with Crippen molar-refractivity contribution < 1.29 is 33.8 Å². The van der Waals surface area contributed by atoms with E-state index in [4.69, 9.17) is 9.47 Å². The van der Waals surface area contributed by atoms with Crippen molar-refractivity contribution in [3.63, 3.8) is 0 Å². The molecule has 3 N–H and O–H groups in total. The lowest BCUT2D eigenvalue weighted by Crippen LogP contribution is -2.63. The van der Waals surface area contributed by atoms with Crippen molar-refractivity contribution in [2.45, 2.75) is 56.2 Å². The van der Waals surface area contributed by atoms with Gasteiger partial charge in [-0.3, -0.25) is 9.59 Å². The van der Waals surface area contributed by atoms with Crippen LogP contribution in [0.4, 0.5) is 4.79 Å². The van der Waals surface area contributed by atoms with Crippen molar-refractivity contribution in [1.29, 1.82) is 0 Å². The Morgan fingerprint density at radius 2 is 1.69 bits per heavy atom.